The number of fused-ring (bicyclic) bond motifs is 2. The van der Waals surface area contributed by atoms with Crippen LogP contribution in [0.2, 0.25) is 0 Å². The van der Waals surface area contributed by atoms with Gasteiger partial charge in [-0.15, -0.1) is 11.3 Å². The zero-order valence-corrected chi connectivity index (χ0v) is 13.1. The first-order valence-corrected chi connectivity index (χ1v) is 8.49. The number of nitrogens with two attached hydrogens (primary N) is 1. The van der Waals surface area contributed by atoms with Gasteiger partial charge < -0.3 is 5.73 Å². The van der Waals surface area contributed by atoms with Crippen LogP contribution in [0.1, 0.15) is 39.2 Å². The van der Waals surface area contributed by atoms with Crippen molar-refractivity contribution in [2.45, 2.75) is 25.7 Å². The smallest absolute Gasteiger partial charge is 0.196 e. The summed E-state index contributed by atoms with van der Waals surface area (Å²) in [4.78, 5) is 14.3. The summed E-state index contributed by atoms with van der Waals surface area (Å²) < 4.78 is 0. The van der Waals surface area contributed by atoms with E-state index in [9.17, 15) is 4.79 Å². The molecule has 0 bridgehead atoms. The van der Waals surface area contributed by atoms with E-state index in [0.29, 0.717) is 5.00 Å². The molecule has 110 valence electrons. The van der Waals surface area contributed by atoms with Crippen LogP contribution in [0.4, 0.5) is 5.00 Å². The molecule has 22 heavy (non-hydrogen) atoms. The lowest BCUT2D eigenvalue weighted by molar-refractivity contribution is 0.103. The first kappa shape index (κ1) is 13.5. The monoisotopic (exact) mass is 307 g/mol. The molecule has 0 spiro atoms. The summed E-state index contributed by atoms with van der Waals surface area (Å²) in [5.41, 5.74) is 8.86. The Kier molecular flexibility index (Phi) is 3.23. The van der Waals surface area contributed by atoms with Crippen molar-refractivity contribution in [2.75, 3.05) is 5.73 Å². The number of carbonyl (C=O) groups excluding carboxylic acids is 1. The molecule has 1 aliphatic carbocycles. The number of thiophene rings is 1. The Morgan fingerprint density at radius 2 is 1.77 bits per heavy atom. The maximum absolute atomic E-state index is 13.0. The van der Waals surface area contributed by atoms with Gasteiger partial charge in [-0.2, -0.15) is 0 Å². The highest BCUT2D eigenvalue weighted by molar-refractivity contribution is 7.16. The molecule has 0 amide bonds. The third-order valence-electron chi connectivity index (χ3n) is 4.44. The Bertz CT molecular complexity index is 878. The Hall–Kier alpha value is -2.13. The van der Waals surface area contributed by atoms with Gasteiger partial charge in [0.1, 0.15) is 0 Å². The van der Waals surface area contributed by atoms with Crippen LogP contribution in [0, 0.1) is 0 Å². The van der Waals surface area contributed by atoms with E-state index in [1.807, 2.05) is 36.4 Å². The molecule has 0 saturated carbocycles. The van der Waals surface area contributed by atoms with Crippen molar-refractivity contribution in [3.63, 3.8) is 0 Å². The van der Waals surface area contributed by atoms with Gasteiger partial charge in [0.25, 0.3) is 0 Å². The number of rotatable bonds is 2. The summed E-state index contributed by atoms with van der Waals surface area (Å²) in [6.45, 7) is 0. The second-order valence-electron chi connectivity index (χ2n) is 5.84. The minimum absolute atomic E-state index is 0.0719. The maximum Gasteiger partial charge on any atom is 0.196 e. The summed E-state index contributed by atoms with van der Waals surface area (Å²) in [5.74, 6) is 0.0719. The van der Waals surface area contributed by atoms with Crippen LogP contribution in [0.15, 0.2) is 42.5 Å². The molecule has 0 atom stereocenters. The van der Waals surface area contributed by atoms with Gasteiger partial charge in [0.05, 0.1) is 10.6 Å². The summed E-state index contributed by atoms with van der Waals surface area (Å²) in [6, 6.07) is 14.0. The number of nitrogen functional groups attached to an aromatic ring is 1. The third-order valence-corrected chi connectivity index (χ3v) is 5.56. The Morgan fingerprint density at radius 3 is 2.64 bits per heavy atom. The van der Waals surface area contributed by atoms with Gasteiger partial charge in [-0.05, 0) is 48.1 Å². The minimum atomic E-state index is 0.0719. The third kappa shape index (κ3) is 2.13. The highest BCUT2D eigenvalue weighted by Crippen LogP contribution is 2.37. The molecule has 0 unspecified atom stereocenters. The van der Waals surface area contributed by atoms with Crippen molar-refractivity contribution in [1.82, 2.24) is 0 Å². The summed E-state index contributed by atoms with van der Waals surface area (Å²) >= 11 is 1.60. The van der Waals surface area contributed by atoms with Gasteiger partial charge in [0.15, 0.2) is 5.78 Å². The fourth-order valence-corrected chi connectivity index (χ4v) is 4.47. The number of benzene rings is 2. The molecule has 2 nitrogen and oxygen atoms in total. The zero-order valence-electron chi connectivity index (χ0n) is 12.3. The SMILES string of the molecule is Nc1sc2c(c1C(=O)c1ccc3ccccc3c1)CCCC2. The quantitative estimate of drug-likeness (QED) is 0.703. The molecular formula is C19H17NOS. The van der Waals surface area contributed by atoms with Gasteiger partial charge in [0.2, 0.25) is 0 Å². The van der Waals surface area contributed by atoms with Crippen molar-refractivity contribution in [3.05, 3.63) is 64.0 Å². The molecule has 3 heteroatoms. The minimum Gasteiger partial charge on any atom is -0.390 e. The Labute approximate surface area is 133 Å². The molecule has 0 fully saturated rings. The van der Waals surface area contributed by atoms with Crippen LogP contribution in [-0.4, -0.2) is 5.78 Å². The van der Waals surface area contributed by atoms with Crippen molar-refractivity contribution in [1.29, 1.82) is 0 Å². The van der Waals surface area contributed by atoms with Gasteiger partial charge in [-0.3, -0.25) is 4.79 Å². The standard InChI is InChI=1S/C19H17NOS/c20-19-17(15-7-3-4-8-16(15)22-19)18(21)14-10-9-12-5-1-2-6-13(12)11-14/h1-2,5-6,9-11H,3-4,7-8,20H2. The number of hydrogen-bond donors (Lipinski definition) is 1. The van der Waals surface area contributed by atoms with Gasteiger partial charge >= 0.3 is 0 Å². The highest BCUT2D eigenvalue weighted by atomic mass is 32.1. The first-order valence-electron chi connectivity index (χ1n) is 7.67. The van der Waals surface area contributed by atoms with E-state index in [2.05, 4.69) is 6.07 Å². The molecule has 0 radical (unpaired) electrons. The molecule has 0 aliphatic heterocycles. The van der Waals surface area contributed by atoms with Crippen molar-refractivity contribution < 1.29 is 4.79 Å². The largest absolute Gasteiger partial charge is 0.390 e. The predicted octanol–water partition coefficient (Wildman–Crippen LogP) is 4.59. The molecule has 2 aromatic carbocycles. The number of carbonyl (C=O) groups is 1. The highest BCUT2D eigenvalue weighted by Gasteiger charge is 2.24. The summed E-state index contributed by atoms with van der Waals surface area (Å²) in [5, 5.41) is 2.93. The van der Waals surface area contributed by atoms with E-state index in [1.54, 1.807) is 11.3 Å². The molecule has 2 N–H and O–H groups in total. The molecule has 1 aromatic heterocycles. The molecule has 1 aliphatic rings. The van der Waals surface area contributed by atoms with Crippen LogP contribution >= 0.6 is 11.3 Å². The van der Waals surface area contributed by atoms with Crippen molar-refractivity contribution in [3.8, 4) is 0 Å². The molecular weight excluding hydrogens is 290 g/mol. The second kappa shape index (κ2) is 5.25. The summed E-state index contributed by atoms with van der Waals surface area (Å²) in [6.07, 6.45) is 4.41. The van der Waals surface area contributed by atoms with Crippen LogP contribution in [-0.2, 0) is 12.8 Å². The van der Waals surface area contributed by atoms with Crippen molar-refractivity contribution >= 4 is 32.9 Å². The maximum atomic E-state index is 13.0. The Morgan fingerprint density at radius 1 is 1.00 bits per heavy atom. The fraction of sp³-hybridized carbons (Fsp3) is 0.211. The lowest BCUT2D eigenvalue weighted by Crippen LogP contribution is -2.09. The number of ketones is 1. The van der Waals surface area contributed by atoms with Crippen LogP contribution in [0.5, 0.6) is 0 Å². The number of aryl methyl sites for hydroxylation is 1. The first-order chi connectivity index (χ1) is 10.7. The van der Waals surface area contributed by atoms with E-state index in [0.717, 1.165) is 41.2 Å². The molecule has 1 heterocycles. The predicted molar refractivity (Wildman–Crippen MR) is 92.8 cm³/mol. The van der Waals surface area contributed by atoms with Crippen LogP contribution in [0.3, 0.4) is 0 Å². The lowest BCUT2D eigenvalue weighted by atomic mass is 9.91. The molecule has 4 rings (SSSR count). The van der Waals surface area contributed by atoms with E-state index in [1.165, 1.54) is 16.9 Å². The van der Waals surface area contributed by atoms with E-state index in [4.69, 9.17) is 5.73 Å². The van der Waals surface area contributed by atoms with Crippen LogP contribution in [0.25, 0.3) is 10.8 Å². The van der Waals surface area contributed by atoms with Crippen LogP contribution < -0.4 is 5.73 Å². The Balaban J connectivity index is 1.82. The topological polar surface area (TPSA) is 43.1 Å². The van der Waals surface area contributed by atoms with Crippen molar-refractivity contribution in [2.24, 2.45) is 0 Å². The second-order valence-corrected chi connectivity index (χ2v) is 6.98. The van der Waals surface area contributed by atoms with E-state index in [-0.39, 0.29) is 5.78 Å². The average molecular weight is 307 g/mol. The van der Waals surface area contributed by atoms with E-state index < -0.39 is 0 Å². The van der Waals surface area contributed by atoms with Gasteiger partial charge in [0, 0.05) is 10.4 Å². The number of hydrogen-bond acceptors (Lipinski definition) is 3. The number of anilines is 1. The lowest BCUT2D eigenvalue weighted by Gasteiger charge is -2.12. The summed E-state index contributed by atoms with van der Waals surface area (Å²) in [7, 11) is 0. The van der Waals surface area contributed by atoms with Gasteiger partial charge in [-0.25, -0.2) is 0 Å². The zero-order chi connectivity index (χ0) is 15.1. The van der Waals surface area contributed by atoms with E-state index >= 15 is 0 Å². The normalized spacial score (nSPS) is 14.0. The fourth-order valence-electron chi connectivity index (χ4n) is 3.31. The molecule has 3 aromatic rings. The average Bonchev–Trinajstić information content (AvgIpc) is 2.89. The molecule has 0 saturated heterocycles. The van der Waals surface area contributed by atoms with Gasteiger partial charge in [-0.1, -0.05) is 36.4 Å².